The topological polar surface area (TPSA) is 184 Å². The third kappa shape index (κ3) is 10.8. The fourth-order valence-electron chi connectivity index (χ4n) is 9.23. The van der Waals surface area contributed by atoms with Crippen molar-refractivity contribution in [3.8, 4) is 20.9 Å². The molecule has 0 aliphatic carbocycles. The van der Waals surface area contributed by atoms with Gasteiger partial charge < -0.3 is 40.1 Å². The molecular formula is C49H66N10O6S2. The standard InChI is InChI=1S/C25H33N5O3S.C24H33N5O3S/c1-15-9-18(28-24(3,4)5)26-10-17(15)20-19(22(31)30-8-6-7-16(30)2)27-21(34-20)23(32)29-11-25(12-29)13-33-14-25;1-14-11-18(28-24(3,4)5)25-12-17(14)20-19(23(31)29-9-6-7-15(29)2)27-22(33-20)21(30)26-16-8-10-32-13-16/h9-10,16H,6-8,11-14H2,1-5H3,(H,26,28);11-12,15-16H,6-10,13H2,1-5H3,(H,25,28)(H,26,30)/t16-;15-,16+/m00/s1. The Bertz CT molecular complexity index is 2510. The van der Waals surface area contributed by atoms with Gasteiger partial charge in [-0.3, -0.25) is 19.2 Å². The number of rotatable bonds is 9. The van der Waals surface area contributed by atoms with Crippen LogP contribution in [0.5, 0.6) is 0 Å². The van der Waals surface area contributed by atoms with E-state index in [9.17, 15) is 19.2 Å². The Morgan fingerprint density at radius 1 is 0.701 bits per heavy atom. The molecule has 0 aromatic carbocycles. The lowest BCUT2D eigenvalue weighted by molar-refractivity contribution is -0.176. The van der Waals surface area contributed by atoms with Gasteiger partial charge >= 0.3 is 0 Å². The summed E-state index contributed by atoms with van der Waals surface area (Å²) >= 11 is 2.56. The highest BCUT2D eigenvalue weighted by Gasteiger charge is 2.51. The number of anilines is 2. The molecule has 0 bridgehead atoms. The van der Waals surface area contributed by atoms with Gasteiger partial charge in [-0.15, -0.1) is 22.7 Å². The fraction of sp³-hybridized carbons (Fsp3) is 0.592. The smallest absolute Gasteiger partial charge is 0.282 e. The molecule has 4 amide bonds. The van der Waals surface area contributed by atoms with Gasteiger partial charge in [0.1, 0.15) is 23.0 Å². The lowest BCUT2D eigenvalue weighted by atomic mass is 9.78. The first kappa shape index (κ1) is 48.4. The average molecular weight is 955 g/mol. The fourth-order valence-corrected chi connectivity index (χ4v) is 11.4. The molecule has 5 fully saturated rings. The van der Waals surface area contributed by atoms with Gasteiger partial charge in [0.15, 0.2) is 10.0 Å². The molecule has 9 heterocycles. The lowest BCUT2D eigenvalue weighted by Gasteiger charge is -2.54. The zero-order valence-electron chi connectivity index (χ0n) is 40.6. The van der Waals surface area contributed by atoms with Crippen molar-refractivity contribution in [2.24, 2.45) is 5.41 Å². The number of nitrogens with one attached hydrogen (secondary N) is 3. The lowest BCUT2D eigenvalue weighted by Crippen LogP contribution is -2.67. The molecule has 4 aromatic rings. The van der Waals surface area contributed by atoms with E-state index in [1.165, 1.54) is 22.7 Å². The molecular weight excluding hydrogens is 889 g/mol. The molecule has 5 saturated heterocycles. The van der Waals surface area contributed by atoms with Crippen LogP contribution in [0.4, 0.5) is 11.6 Å². The van der Waals surface area contributed by atoms with E-state index >= 15 is 0 Å². The van der Waals surface area contributed by atoms with E-state index in [2.05, 4.69) is 91.3 Å². The molecule has 3 atom stereocenters. The second kappa shape index (κ2) is 19.2. The Hall–Kier alpha value is -5.04. The van der Waals surface area contributed by atoms with Gasteiger partial charge in [0.2, 0.25) is 0 Å². The van der Waals surface area contributed by atoms with Crippen LogP contribution in [-0.2, 0) is 9.47 Å². The van der Waals surface area contributed by atoms with Crippen molar-refractivity contribution in [2.75, 3.05) is 63.2 Å². The summed E-state index contributed by atoms with van der Waals surface area (Å²) in [7, 11) is 0. The highest BCUT2D eigenvalue weighted by atomic mass is 32.1. The number of ether oxygens (including phenoxy) is 2. The number of amides is 4. The highest BCUT2D eigenvalue weighted by molar-refractivity contribution is 7.17. The number of hydrogen-bond acceptors (Lipinski definition) is 14. The molecule has 0 unspecified atom stereocenters. The average Bonchev–Trinajstić information content (AvgIpc) is 4.07. The summed E-state index contributed by atoms with van der Waals surface area (Å²) in [6.07, 6.45) is 8.29. The Kier molecular flexibility index (Phi) is 13.8. The van der Waals surface area contributed by atoms with Crippen LogP contribution in [0.1, 0.15) is 139 Å². The maximum Gasteiger partial charge on any atom is 0.282 e. The van der Waals surface area contributed by atoms with Crippen molar-refractivity contribution >= 4 is 57.9 Å². The SMILES string of the molecule is Cc1cc(NC(C)(C)C)ncc1-c1sc(C(=O)N2CC3(COC3)C2)nc1C(=O)N1CCC[C@@H]1C.Cc1cc(NC(C)(C)C)ncc1-c1sc(C(=O)N[C@@H]2CCOC2)nc1C(=O)N1CCC[C@@H]1C. The van der Waals surface area contributed by atoms with Crippen LogP contribution in [0.2, 0.25) is 0 Å². The molecule has 5 aliphatic heterocycles. The third-order valence-corrected chi connectivity index (χ3v) is 15.0. The van der Waals surface area contributed by atoms with Crippen LogP contribution in [0, 0.1) is 19.3 Å². The molecule has 0 radical (unpaired) electrons. The monoisotopic (exact) mass is 954 g/mol. The van der Waals surface area contributed by atoms with E-state index in [0.29, 0.717) is 59.1 Å². The van der Waals surface area contributed by atoms with E-state index < -0.39 is 0 Å². The zero-order chi connectivity index (χ0) is 48.0. The number of aryl methyl sites for hydroxylation is 2. The minimum absolute atomic E-state index is 0.0197. The van der Waals surface area contributed by atoms with Crippen molar-refractivity contribution in [2.45, 2.75) is 131 Å². The van der Waals surface area contributed by atoms with Crippen LogP contribution in [0.15, 0.2) is 24.5 Å². The second-order valence-electron chi connectivity index (χ2n) is 21.1. The largest absolute Gasteiger partial charge is 0.380 e. The van der Waals surface area contributed by atoms with Gasteiger partial charge in [0.25, 0.3) is 23.6 Å². The highest BCUT2D eigenvalue weighted by Crippen LogP contribution is 2.41. The van der Waals surface area contributed by atoms with Crippen LogP contribution in [0.25, 0.3) is 20.9 Å². The van der Waals surface area contributed by atoms with Gasteiger partial charge in [-0.05, 0) is 125 Å². The summed E-state index contributed by atoms with van der Waals surface area (Å²) in [5, 5.41) is 10.4. The van der Waals surface area contributed by atoms with Crippen molar-refractivity contribution in [1.82, 2.24) is 40.0 Å². The van der Waals surface area contributed by atoms with Crippen molar-refractivity contribution in [3.05, 3.63) is 57.1 Å². The number of aromatic nitrogens is 4. The van der Waals surface area contributed by atoms with Crippen LogP contribution >= 0.6 is 22.7 Å². The molecule has 4 aromatic heterocycles. The van der Waals surface area contributed by atoms with E-state index in [1.54, 1.807) is 12.4 Å². The van der Waals surface area contributed by atoms with E-state index in [-0.39, 0.29) is 58.2 Å². The second-order valence-corrected chi connectivity index (χ2v) is 23.1. The molecule has 1 spiro atoms. The van der Waals surface area contributed by atoms with Gasteiger partial charge in [-0.25, -0.2) is 19.9 Å². The zero-order valence-corrected chi connectivity index (χ0v) is 42.3. The summed E-state index contributed by atoms with van der Waals surface area (Å²) in [4.78, 5) is 78.6. The Morgan fingerprint density at radius 3 is 1.60 bits per heavy atom. The maximum absolute atomic E-state index is 13.6. The van der Waals surface area contributed by atoms with Gasteiger partial charge in [0, 0.05) is 79.5 Å². The number of likely N-dealkylation sites (tertiary alicyclic amines) is 3. The normalized spacial score (nSPS) is 21.1. The Balaban J connectivity index is 0.000000182. The summed E-state index contributed by atoms with van der Waals surface area (Å²) in [5.41, 5.74) is 4.24. The van der Waals surface area contributed by atoms with Gasteiger partial charge in [0.05, 0.1) is 41.0 Å². The molecule has 3 N–H and O–H groups in total. The van der Waals surface area contributed by atoms with Crippen molar-refractivity contribution in [1.29, 1.82) is 0 Å². The predicted molar refractivity (Wildman–Crippen MR) is 262 cm³/mol. The van der Waals surface area contributed by atoms with E-state index in [0.717, 1.165) is 90.6 Å². The quantitative estimate of drug-likeness (QED) is 0.149. The van der Waals surface area contributed by atoms with E-state index in [4.69, 9.17) is 9.47 Å². The Labute approximate surface area is 402 Å². The van der Waals surface area contributed by atoms with Crippen molar-refractivity contribution < 1.29 is 28.7 Å². The summed E-state index contributed by atoms with van der Waals surface area (Å²) in [5.74, 6) is 0.971. The number of pyridine rings is 2. The molecule has 5 aliphatic rings. The molecule has 360 valence electrons. The minimum Gasteiger partial charge on any atom is -0.380 e. The molecule has 18 heteroatoms. The van der Waals surface area contributed by atoms with Crippen LogP contribution < -0.4 is 16.0 Å². The van der Waals surface area contributed by atoms with Crippen LogP contribution in [-0.4, -0.2) is 140 Å². The summed E-state index contributed by atoms with van der Waals surface area (Å²) < 4.78 is 10.7. The Morgan fingerprint density at radius 2 is 1.19 bits per heavy atom. The first-order valence-electron chi connectivity index (χ1n) is 23.6. The molecule has 0 saturated carbocycles. The number of nitrogens with zero attached hydrogens (tertiary/aromatic N) is 7. The van der Waals surface area contributed by atoms with Gasteiger partial charge in [-0.1, -0.05) is 0 Å². The molecule has 16 nitrogen and oxygen atoms in total. The van der Waals surface area contributed by atoms with Crippen LogP contribution in [0.3, 0.4) is 0 Å². The number of carbonyl (C=O) groups excluding carboxylic acids is 4. The van der Waals surface area contributed by atoms with Crippen molar-refractivity contribution in [3.63, 3.8) is 0 Å². The number of thiazole rings is 2. The van der Waals surface area contributed by atoms with E-state index in [1.807, 2.05) is 40.7 Å². The summed E-state index contributed by atoms with van der Waals surface area (Å²) in [6, 6.07) is 4.28. The molecule has 67 heavy (non-hydrogen) atoms. The number of carbonyl (C=O) groups is 4. The first-order valence-corrected chi connectivity index (χ1v) is 25.2. The minimum atomic E-state index is -0.262. The third-order valence-electron chi connectivity index (χ3n) is 12.8. The van der Waals surface area contributed by atoms with Gasteiger partial charge in [-0.2, -0.15) is 0 Å². The number of hydrogen-bond donors (Lipinski definition) is 3. The predicted octanol–water partition coefficient (Wildman–Crippen LogP) is 7.69. The summed E-state index contributed by atoms with van der Waals surface area (Å²) in [6.45, 7) is 26.0. The maximum atomic E-state index is 13.6. The first-order chi connectivity index (χ1) is 31.7. The molecule has 9 rings (SSSR count).